The molecule has 1 unspecified atom stereocenters. The molecule has 4 aromatic heterocycles. The predicted octanol–water partition coefficient (Wildman–Crippen LogP) is 13.8. The predicted molar refractivity (Wildman–Crippen MR) is 232 cm³/mol. The lowest BCUT2D eigenvalue weighted by atomic mass is 9.82. The van der Waals surface area contributed by atoms with Gasteiger partial charge in [0.15, 0.2) is 0 Å². The van der Waals surface area contributed by atoms with Crippen LogP contribution in [-0.2, 0) is 5.41 Å². The lowest BCUT2D eigenvalue weighted by molar-refractivity contribution is 0.452. The van der Waals surface area contributed by atoms with Crippen LogP contribution in [0.25, 0.3) is 83.3 Å². The minimum atomic E-state index is -0.0967. The van der Waals surface area contributed by atoms with Crippen LogP contribution in [0.4, 0.5) is 0 Å². The Morgan fingerprint density at radius 2 is 1.30 bits per heavy atom. The third kappa shape index (κ3) is 5.71. The fourth-order valence-electron chi connectivity index (χ4n) is 9.08. The number of benzene rings is 5. The molecular weight excluding hydrogens is 685 g/mol. The van der Waals surface area contributed by atoms with E-state index in [4.69, 9.17) is 19.4 Å². The molecule has 9 aromatic rings. The molecule has 5 aromatic carbocycles. The summed E-state index contributed by atoms with van der Waals surface area (Å²) in [6, 6.07) is 45.8. The van der Waals surface area contributed by atoms with Gasteiger partial charge in [0.05, 0.1) is 27.8 Å². The third-order valence-electron chi connectivity index (χ3n) is 12.2. The Morgan fingerprint density at radius 1 is 0.643 bits per heavy atom. The van der Waals surface area contributed by atoms with Crippen LogP contribution in [0.3, 0.4) is 0 Å². The molecule has 0 amide bonds. The number of aromatic nitrogens is 4. The molecule has 56 heavy (non-hydrogen) atoms. The number of rotatable bonds is 6. The van der Waals surface area contributed by atoms with Gasteiger partial charge < -0.3 is 4.42 Å². The molecule has 0 bridgehead atoms. The first-order chi connectivity index (χ1) is 27.2. The van der Waals surface area contributed by atoms with Crippen LogP contribution in [0.5, 0.6) is 0 Å². The average molecular weight is 731 g/mol. The lowest BCUT2D eigenvalue weighted by Crippen LogP contribution is -2.13. The Kier molecular flexibility index (Phi) is 8.18. The number of nitrogens with zero attached hydrogens (tertiary/aromatic N) is 4. The number of imidazole rings is 1. The Balaban J connectivity index is 1.33. The van der Waals surface area contributed by atoms with Gasteiger partial charge in [0.25, 0.3) is 0 Å². The molecule has 0 spiro atoms. The largest absolute Gasteiger partial charge is 0.437 e. The summed E-state index contributed by atoms with van der Waals surface area (Å²) in [6.45, 7) is 11.3. The second-order valence-electron chi connectivity index (χ2n) is 16.8. The van der Waals surface area contributed by atoms with Crippen molar-refractivity contribution in [3.05, 3.63) is 144 Å². The highest BCUT2D eigenvalue weighted by Crippen LogP contribution is 2.46. The van der Waals surface area contributed by atoms with Crippen molar-refractivity contribution < 1.29 is 4.42 Å². The summed E-state index contributed by atoms with van der Waals surface area (Å²) in [6.07, 6.45) is 5.18. The Bertz CT molecular complexity index is 2870. The highest BCUT2D eigenvalue weighted by Gasteiger charge is 2.29. The molecule has 0 radical (unpaired) electrons. The number of fused-ring (bicyclic) bond motifs is 6. The Morgan fingerprint density at radius 3 is 1.98 bits per heavy atom. The summed E-state index contributed by atoms with van der Waals surface area (Å²) >= 11 is 0. The Labute approximate surface area is 328 Å². The van der Waals surface area contributed by atoms with E-state index in [1.54, 1.807) is 0 Å². The van der Waals surface area contributed by atoms with Crippen molar-refractivity contribution in [3.63, 3.8) is 0 Å². The standard InChI is InChI=1S/C51H46N4O/c1-31-23-24-39-44(52-31)27-28-45-47(39)55(46-41(34-17-8-6-9-18-34)29-36(51(3,4)5)30-42(46)35-19-10-7-11-20-35)49(53-45)40-22-14-21-37-38-25-26-43(54-50(38)56-48(37)40)32(2)33-15-12-13-16-33/h6-11,14,17-30,32-33H,12-13,15-16H2,1-5H3. The molecule has 10 rings (SSSR count). The van der Waals surface area contributed by atoms with Gasteiger partial charge >= 0.3 is 0 Å². The summed E-state index contributed by atoms with van der Waals surface area (Å²) in [5, 5.41) is 3.12. The molecule has 1 atom stereocenters. The lowest BCUT2D eigenvalue weighted by Gasteiger charge is -2.26. The minimum Gasteiger partial charge on any atom is -0.437 e. The molecule has 5 heteroatoms. The van der Waals surface area contributed by atoms with Crippen LogP contribution in [0, 0.1) is 12.8 Å². The molecule has 0 N–H and O–H groups in total. The van der Waals surface area contributed by atoms with Gasteiger partial charge in [-0.15, -0.1) is 0 Å². The minimum absolute atomic E-state index is 0.0967. The van der Waals surface area contributed by atoms with E-state index in [-0.39, 0.29) is 5.41 Å². The number of hydrogen-bond donors (Lipinski definition) is 0. The Hall–Kier alpha value is -6.07. The number of pyridine rings is 2. The molecule has 4 heterocycles. The van der Waals surface area contributed by atoms with Crippen molar-refractivity contribution in [1.82, 2.24) is 19.5 Å². The van der Waals surface area contributed by atoms with Crippen molar-refractivity contribution in [3.8, 4) is 39.3 Å². The molecule has 276 valence electrons. The number of para-hydroxylation sites is 1. The molecule has 1 saturated carbocycles. The van der Waals surface area contributed by atoms with Gasteiger partial charge in [0.1, 0.15) is 11.4 Å². The molecule has 0 aliphatic heterocycles. The van der Waals surface area contributed by atoms with E-state index < -0.39 is 0 Å². The third-order valence-corrected chi connectivity index (χ3v) is 12.2. The smallest absolute Gasteiger partial charge is 0.227 e. The first-order valence-electron chi connectivity index (χ1n) is 20.1. The maximum absolute atomic E-state index is 6.90. The van der Waals surface area contributed by atoms with Crippen molar-refractivity contribution in [1.29, 1.82) is 0 Å². The van der Waals surface area contributed by atoms with Gasteiger partial charge in [-0.05, 0) is 102 Å². The quantitative estimate of drug-likeness (QED) is 0.171. The van der Waals surface area contributed by atoms with E-state index in [1.807, 2.05) is 0 Å². The summed E-state index contributed by atoms with van der Waals surface area (Å²) in [5.41, 5.74) is 14.2. The van der Waals surface area contributed by atoms with Crippen LogP contribution >= 0.6 is 0 Å². The van der Waals surface area contributed by atoms with Gasteiger partial charge in [-0.3, -0.25) is 9.55 Å². The summed E-state index contributed by atoms with van der Waals surface area (Å²) in [7, 11) is 0. The van der Waals surface area contributed by atoms with Gasteiger partial charge in [-0.1, -0.05) is 113 Å². The van der Waals surface area contributed by atoms with E-state index in [1.165, 1.54) is 31.2 Å². The summed E-state index contributed by atoms with van der Waals surface area (Å²) in [4.78, 5) is 15.8. The molecular formula is C51H46N4O. The van der Waals surface area contributed by atoms with Crippen LogP contribution in [-0.4, -0.2) is 19.5 Å². The first-order valence-corrected chi connectivity index (χ1v) is 20.1. The van der Waals surface area contributed by atoms with Crippen molar-refractivity contribution in [2.24, 2.45) is 5.92 Å². The van der Waals surface area contributed by atoms with Crippen LogP contribution < -0.4 is 0 Å². The number of furan rings is 1. The zero-order valence-corrected chi connectivity index (χ0v) is 32.8. The van der Waals surface area contributed by atoms with E-state index in [0.29, 0.717) is 17.5 Å². The first kappa shape index (κ1) is 34.4. The van der Waals surface area contributed by atoms with E-state index >= 15 is 0 Å². The van der Waals surface area contributed by atoms with Gasteiger partial charge in [0, 0.05) is 44.6 Å². The van der Waals surface area contributed by atoms with Gasteiger partial charge in [0.2, 0.25) is 5.71 Å². The zero-order chi connectivity index (χ0) is 38.1. The fourth-order valence-corrected chi connectivity index (χ4v) is 9.08. The molecule has 5 nitrogen and oxygen atoms in total. The average Bonchev–Trinajstić information content (AvgIpc) is 3.98. The van der Waals surface area contributed by atoms with Crippen LogP contribution in [0.15, 0.2) is 132 Å². The summed E-state index contributed by atoms with van der Waals surface area (Å²) < 4.78 is 9.30. The fraction of sp³-hybridized carbons (Fsp3) is 0.235. The van der Waals surface area contributed by atoms with Crippen molar-refractivity contribution >= 4 is 44.0 Å². The van der Waals surface area contributed by atoms with E-state index in [2.05, 4.69) is 167 Å². The molecule has 1 fully saturated rings. The topological polar surface area (TPSA) is 56.7 Å². The maximum Gasteiger partial charge on any atom is 0.227 e. The number of hydrogen-bond acceptors (Lipinski definition) is 4. The highest BCUT2D eigenvalue weighted by atomic mass is 16.3. The summed E-state index contributed by atoms with van der Waals surface area (Å²) in [5.74, 6) is 1.89. The van der Waals surface area contributed by atoms with Gasteiger partial charge in [-0.2, -0.15) is 0 Å². The zero-order valence-electron chi connectivity index (χ0n) is 32.8. The highest BCUT2D eigenvalue weighted by molar-refractivity contribution is 6.11. The van der Waals surface area contributed by atoms with Crippen LogP contribution in [0.1, 0.15) is 76.2 Å². The second-order valence-corrected chi connectivity index (χ2v) is 16.8. The second kappa shape index (κ2) is 13.3. The maximum atomic E-state index is 6.90. The van der Waals surface area contributed by atoms with E-state index in [0.717, 1.165) is 89.0 Å². The van der Waals surface area contributed by atoms with Crippen molar-refractivity contribution in [2.45, 2.75) is 71.6 Å². The number of aryl methyl sites for hydroxylation is 1. The van der Waals surface area contributed by atoms with E-state index in [9.17, 15) is 0 Å². The molecule has 1 aliphatic carbocycles. The molecule has 1 aliphatic rings. The normalized spacial score (nSPS) is 14.4. The SMILES string of the molecule is Cc1ccc2c(ccc3nc(-c4cccc5c4oc4nc(C(C)C6CCCC6)ccc45)n(-c4c(-c5ccccc5)cc(C(C)(C)C)cc4-c4ccccc4)c32)n1. The van der Waals surface area contributed by atoms with Crippen LogP contribution in [0.2, 0.25) is 0 Å². The van der Waals surface area contributed by atoms with Crippen molar-refractivity contribution in [2.75, 3.05) is 0 Å². The van der Waals surface area contributed by atoms with Gasteiger partial charge in [-0.25, -0.2) is 9.97 Å². The monoisotopic (exact) mass is 730 g/mol. The molecule has 0 saturated heterocycles.